The second-order valence-corrected chi connectivity index (χ2v) is 14.5. The van der Waals surface area contributed by atoms with E-state index in [9.17, 15) is 18.0 Å². The predicted molar refractivity (Wildman–Crippen MR) is 161 cm³/mol. The van der Waals surface area contributed by atoms with E-state index >= 15 is 0 Å². The molecule has 0 radical (unpaired) electrons. The summed E-state index contributed by atoms with van der Waals surface area (Å²) in [4.78, 5) is 33.8. The van der Waals surface area contributed by atoms with E-state index in [1.54, 1.807) is 12.1 Å². The number of sulfone groups is 1. The van der Waals surface area contributed by atoms with Gasteiger partial charge in [0.25, 0.3) is 0 Å². The van der Waals surface area contributed by atoms with E-state index in [0.29, 0.717) is 29.2 Å². The summed E-state index contributed by atoms with van der Waals surface area (Å²) in [7, 11) is -3.23. The van der Waals surface area contributed by atoms with Gasteiger partial charge in [0.1, 0.15) is 0 Å². The zero-order valence-corrected chi connectivity index (χ0v) is 25.6. The maximum Gasteiger partial charge on any atom is 0.229 e. The molecule has 2 amide bonds. The Morgan fingerprint density at radius 3 is 2.17 bits per heavy atom. The van der Waals surface area contributed by atoms with Crippen LogP contribution >= 0.6 is 0 Å². The highest BCUT2D eigenvalue weighted by Gasteiger charge is 2.48. The minimum Gasteiger partial charge on any atom is -0.341 e. The molecule has 3 fully saturated rings. The van der Waals surface area contributed by atoms with Crippen molar-refractivity contribution in [1.82, 2.24) is 14.7 Å². The predicted octanol–water partition coefficient (Wildman–Crippen LogP) is 4.58. The van der Waals surface area contributed by atoms with Crippen molar-refractivity contribution in [3.05, 3.63) is 65.7 Å². The normalized spacial score (nSPS) is 23.2. The molecule has 222 valence electrons. The van der Waals surface area contributed by atoms with Crippen LogP contribution in [0.4, 0.5) is 0 Å². The number of carbonyl (C=O) groups excluding carboxylic acids is 2. The minimum atomic E-state index is -3.23. The molecule has 8 heteroatoms. The Morgan fingerprint density at radius 1 is 0.927 bits per heavy atom. The third kappa shape index (κ3) is 6.38. The number of hydrogen-bond acceptors (Lipinski definition) is 5. The van der Waals surface area contributed by atoms with Crippen LogP contribution in [0.15, 0.2) is 59.5 Å². The van der Waals surface area contributed by atoms with Gasteiger partial charge in [0.15, 0.2) is 9.84 Å². The number of carbonyl (C=O) groups is 2. The maximum atomic E-state index is 13.6. The Bertz CT molecular complexity index is 1320. The summed E-state index contributed by atoms with van der Waals surface area (Å²) in [6, 6.07) is 17.5. The van der Waals surface area contributed by atoms with Crippen LogP contribution in [0.3, 0.4) is 0 Å². The molecule has 0 aromatic heterocycles. The number of benzene rings is 2. The second kappa shape index (κ2) is 12.3. The van der Waals surface area contributed by atoms with Gasteiger partial charge in [0.05, 0.1) is 10.3 Å². The highest BCUT2D eigenvalue weighted by atomic mass is 32.2. The number of likely N-dealkylation sites (tertiary alicyclic amines) is 3. The van der Waals surface area contributed by atoms with Crippen LogP contribution in [-0.2, 0) is 26.0 Å². The van der Waals surface area contributed by atoms with Crippen molar-refractivity contribution in [2.24, 2.45) is 17.3 Å². The summed E-state index contributed by atoms with van der Waals surface area (Å²) in [5, 5.41) is 0. The van der Waals surface area contributed by atoms with Gasteiger partial charge in [-0.3, -0.25) is 9.59 Å². The van der Waals surface area contributed by atoms with E-state index in [0.717, 1.165) is 76.9 Å². The van der Waals surface area contributed by atoms with Crippen molar-refractivity contribution in [2.75, 3.05) is 45.5 Å². The van der Waals surface area contributed by atoms with Crippen molar-refractivity contribution < 1.29 is 18.0 Å². The van der Waals surface area contributed by atoms with Crippen molar-refractivity contribution in [2.45, 2.75) is 63.3 Å². The zero-order chi connectivity index (χ0) is 29.2. The summed E-state index contributed by atoms with van der Waals surface area (Å²) < 4.78 is 23.6. The fourth-order valence-corrected chi connectivity index (χ4v) is 7.91. The van der Waals surface area contributed by atoms with Crippen LogP contribution in [0, 0.1) is 17.3 Å². The molecule has 0 N–H and O–H groups in total. The number of rotatable bonds is 9. The first-order valence-electron chi connectivity index (χ1n) is 15.3. The first kappa shape index (κ1) is 29.8. The molecule has 3 aliphatic rings. The van der Waals surface area contributed by atoms with E-state index in [2.05, 4.69) is 54.0 Å². The molecule has 3 aliphatic heterocycles. The van der Waals surface area contributed by atoms with Gasteiger partial charge >= 0.3 is 0 Å². The lowest BCUT2D eigenvalue weighted by atomic mass is 9.76. The number of hydrogen-bond donors (Lipinski definition) is 0. The molecule has 3 heterocycles. The summed E-state index contributed by atoms with van der Waals surface area (Å²) in [5.74, 6) is 1.38. The van der Waals surface area contributed by atoms with Gasteiger partial charge in [-0.05, 0) is 74.4 Å². The van der Waals surface area contributed by atoms with E-state index in [1.807, 2.05) is 17.0 Å². The van der Waals surface area contributed by atoms with Crippen LogP contribution in [0.2, 0.25) is 0 Å². The molecule has 2 atom stereocenters. The number of amides is 2. The van der Waals surface area contributed by atoms with Crippen molar-refractivity contribution in [3.63, 3.8) is 0 Å². The van der Waals surface area contributed by atoms with Gasteiger partial charge in [-0.25, -0.2) is 8.42 Å². The lowest BCUT2D eigenvalue weighted by molar-refractivity contribution is -0.139. The first-order valence-corrected chi connectivity index (χ1v) is 17.2. The van der Waals surface area contributed by atoms with Crippen LogP contribution < -0.4 is 0 Å². The molecule has 0 aliphatic carbocycles. The molecular weight excluding hydrogens is 534 g/mol. The molecular formula is C33H45N3O4S. The van der Waals surface area contributed by atoms with Gasteiger partial charge in [0, 0.05) is 50.8 Å². The van der Waals surface area contributed by atoms with Gasteiger partial charge in [-0.2, -0.15) is 0 Å². The Kier molecular flexibility index (Phi) is 8.90. The molecule has 3 saturated heterocycles. The van der Waals surface area contributed by atoms with Crippen LogP contribution in [0.25, 0.3) is 0 Å². The Labute approximate surface area is 245 Å². The number of piperidine rings is 1. The molecule has 7 nitrogen and oxygen atoms in total. The third-order valence-corrected chi connectivity index (χ3v) is 11.1. The average Bonchev–Trinajstić information content (AvgIpc) is 3.52. The molecule has 5 rings (SSSR count). The standard InChI is InChI=1S/C33H45N3O4S/c1-4-26(5-2)31(37)36-23-28(30(24-36)27-9-7-6-8-10-27)22-34-18-15-33(16-19-34)17-20-35(32(33)38)21-25-11-13-29(14-12-25)41(3,39)40/h6-14,26,28,30H,4-5,15-24H2,1-3H3. The van der Waals surface area contributed by atoms with Gasteiger partial charge in [0.2, 0.25) is 11.8 Å². The van der Waals surface area contributed by atoms with E-state index in [-0.39, 0.29) is 17.2 Å². The summed E-state index contributed by atoms with van der Waals surface area (Å²) in [6.45, 7) is 9.85. The molecule has 2 unspecified atom stereocenters. The lowest BCUT2D eigenvalue weighted by Gasteiger charge is -2.39. The lowest BCUT2D eigenvalue weighted by Crippen LogP contribution is -2.46. The third-order valence-electron chi connectivity index (χ3n) is 9.95. The molecule has 1 spiro atoms. The van der Waals surface area contributed by atoms with E-state index in [1.165, 1.54) is 11.8 Å². The van der Waals surface area contributed by atoms with Gasteiger partial charge in [-0.15, -0.1) is 0 Å². The molecule has 0 bridgehead atoms. The van der Waals surface area contributed by atoms with Crippen LogP contribution in [0.5, 0.6) is 0 Å². The van der Waals surface area contributed by atoms with E-state index in [4.69, 9.17) is 0 Å². The maximum absolute atomic E-state index is 13.6. The van der Waals surface area contributed by atoms with Crippen molar-refractivity contribution >= 4 is 21.7 Å². The summed E-state index contributed by atoms with van der Waals surface area (Å²) in [6.07, 6.45) is 5.60. The quantitative estimate of drug-likeness (QED) is 0.435. The Balaban J connectivity index is 1.20. The summed E-state index contributed by atoms with van der Waals surface area (Å²) in [5.41, 5.74) is 1.99. The van der Waals surface area contributed by atoms with Gasteiger partial charge in [-0.1, -0.05) is 56.3 Å². The summed E-state index contributed by atoms with van der Waals surface area (Å²) >= 11 is 0. The largest absolute Gasteiger partial charge is 0.341 e. The second-order valence-electron chi connectivity index (χ2n) is 12.5. The Hall–Kier alpha value is -2.71. The zero-order valence-electron chi connectivity index (χ0n) is 24.8. The fraction of sp³-hybridized carbons (Fsp3) is 0.576. The minimum absolute atomic E-state index is 0.106. The average molecular weight is 580 g/mol. The van der Waals surface area contributed by atoms with Crippen molar-refractivity contribution in [3.8, 4) is 0 Å². The Morgan fingerprint density at radius 2 is 1.56 bits per heavy atom. The monoisotopic (exact) mass is 579 g/mol. The molecule has 0 saturated carbocycles. The molecule has 2 aromatic rings. The van der Waals surface area contributed by atoms with Crippen LogP contribution in [-0.4, -0.2) is 80.5 Å². The SMILES string of the molecule is CCC(CC)C(=O)N1CC(CN2CCC3(CC2)CCN(Cc2ccc(S(C)(=O)=O)cc2)C3=O)C(c2ccccc2)C1. The van der Waals surface area contributed by atoms with Gasteiger partial charge < -0.3 is 14.7 Å². The first-order chi connectivity index (χ1) is 19.6. The number of nitrogens with zero attached hydrogens (tertiary/aromatic N) is 3. The fourth-order valence-electron chi connectivity index (χ4n) is 7.28. The van der Waals surface area contributed by atoms with Crippen LogP contribution in [0.1, 0.15) is 63.0 Å². The highest BCUT2D eigenvalue weighted by Crippen LogP contribution is 2.43. The topological polar surface area (TPSA) is 78.0 Å². The highest BCUT2D eigenvalue weighted by molar-refractivity contribution is 7.90. The smallest absolute Gasteiger partial charge is 0.229 e. The van der Waals surface area contributed by atoms with E-state index < -0.39 is 9.84 Å². The molecule has 41 heavy (non-hydrogen) atoms. The molecule has 2 aromatic carbocycles. The van der Waals surface area contributed by atoms with Crippen molar-refractivity contribution in [1.29, 1.82) is 0 Å².